The first-order chi connectivity index (χ1) is 11.7. The van der Waals surface area contributed by atoms with Crippen molar-refractivity contribution in [2.75, 3.05) is 26.8 Å². The van der Waals surface area contributed by atoms with Crippen molar-refractivity contribution in [3.63, 3.8) is 0 Å². The lowest BCUT2D eigenvalue weighted by Gasteiger charge is -2.33. The molecule has 3 rings (SSSR count). The fourth-order valence-electron chi connectivity index (χ4n) is 2.97. The van der Waals surface area contributed by atoms with Gasteiger partial charge in [-0.2, -0.15) is 0 Å². The van der Waals surface area contributed by atoms with Crippen LogP contribution in [0.1, 0.15) is 22.9 Å². The van der Waals surface area contributed by atoms with E-state index < -0.39 is 0 Å². The van der Waals surface area contributed by atoms with Crippen LogP contribution in [0.15, 0.2) is 42.6 Å². The highest BCUT2D eigenvalue weighted by Crippen LogP contribution is 2.24. The summed E-state index contributed by atoms with van der Waals surface area (Å²) in [5, 5.41) is 0. The van der Waals surface area contributed by atoms with E-state index in [1.165, 1.54) is 0 Å². The summed E-state index contributed by atoms with van der Waals surface area (Å²) >= 11 is 0. The molecule has 24 heavy (non-hydrogen) atoms. The Kier molecular flexibility index (Phi) is 5.11. The van der Waals surface area contributed by atoms with Gasteiger partial charge in [0.1, 0.15) is 11.9 Å². The van der Waals surface area contributed by atoms with Crippen LogP contribution in [-0.2, 0) is 16.0 Å². The van der Waals surface area contributed by atoms with Gasteiger partial charge in [-0.3, -0.25) is 9.78 Å². The van der Waals surface area contributed by atoms with E-state index in [-0.39, 0.29) is 12.0 Å². The Labute approximate surface area is 142 Å². The number of nitrogens with zero attached hydrogens (tertiary/aromatic N) is 2. The molecule has 1 fully saturated rings. The summed E-state index contributed by atoms with van der Waals surface area (Å²) in [5.41, 5.74) is 2.93. The fraction of sp³-hybridized carbons (Fsp3) is 0.368. The number of ether oxygens (including phenoxy) is 2. The van der Waals surface area contributed by atoms with Gasteiger partial charge in [-0.05, 0) is 30.7 Å². The van der Waals surface area contributed by atoms with Crippen molar-refractivity contribution in [3.05, 3.63) is 59.4 Å². The number of para-hydroxylation sites is 1. The summed E-state index contributed by atoms with van der Waals surface area (Å²) in [7, 11) is 1.62. The Morgan fingerprint density at radius 3 is 3.00 bits per heavy atom. The summed E-state index contributed by atoms with van der Waals surface area (Å²) in [6.07, 6.45) is 2.03. The molecule has 1 atom stereocenters. The van der Waals surface area contributed by atoms with Gasteiger partial charge in [0.15, 0.2) is 0 Å². The number of pyridine rings is 1. The van der Waals surface area contributed by atoms with Crippen molar-refractivity contribution >= 4 is 5.91 Å². The normalized spacial score (nSPS) is 17.6. The molecule has 1 aliphatic rings. The van der Waals surface area contributed by atoms with Crippen molar-refractivity contribution in [3.8, 4) is 5.75 Å². The van der Waals surface area contributed by atoms with E-state index in [1.54, 1.807) is 13.3 Å². The van der Waals surface area contributed by atoms with Crippen LogP contribution >= 0.6 is 0 Å². The zero-order valence-corrected chi connectivity index (χ0v) is 14.1. The second-order valence-corrected chi connectivity index (χ2v) is 5.92. The Hall–Kier alpha value is -2.40. The monoisotopic (exact) mass is 326 g/mol. The van der Waals surface area contributed by atoms with Crippen LogP contribution in [0.25, 0.3) is 0 Å². The molecular formula is C19H22N2O3. The van der Waals surface area contributed by atoms with Crippen LogP contribution in [-0.4, -0.2) is 42.6 Å². The molecule has 0 N–H and O–H groups in total. The number of rotatable bonds is 4. The van der Waals surface area contributed by atoms with Crippen molar-refractivity contribution < 1.29 is 14.3 Å². The Balaban J connectivity index is 1.69. The Morgan fingerprint density at radius 1 is 1.38 bits per heavy atom. The maximum atomic E-state index is 12.7. The molecule has 5 heteroatoms. The van der Waals surface area contributed by atoms with Crippen LogP contribution < -0.4 is 4.74 Å². The quantitative estimate of drug-likeness (QED) is 0.866. The number of aryl methyl sites for hydroxylation is 1. The highest BCUT2D eigenvalue weighted by Gasteiger charge is 2.26. The predicted octanol–water partition coefficient (Wildman–Crippen LogP) is 2.54. The van der Waals surface area contributed by atoms with Crippen molar-refractivity contribution in [2.45, 2.75) is 19.4 Å². The molecule has 0 aliphatic carbocycles. The zero-order valence-electron chi connectivity index (χ0n) is 14.1. The van der Waals surface area contributed by atoms with Crippen LogP contribution in [0, 0.1) is 6.92 Å². The van der Waals surface area contributed by atoms with Gasteiger partial charge in [-0.25, -0.2) is 0 Å². The van der Waals surface area contributed by atoms with Gasteiger partial charge in [0.25, 0.3) is 0 Å². The molecule has 1 aliphatic heterocycles. The summed E-state index contributed by atoms with van der Waals surface area (Å²) in [4.78, 5) is 18.8. The maximum absolute atomic E-state index is 12.7. The minimum absolute atomic E-state index is 0.0953. The standard InChI is InChI=1S/C19H22N2O3/c1-14-11-16(7-8-20-14)18-13-21(9-10-24-18)19(22)12-15-5-3-4-6-17(15)23-2/h3-8,11,18H,9-10,12-13H2,1-2H3/t18-/m0/s1. The molecule has 2 aromatic rings. The first kappa shape index (κ1) is 16.5. The van der Waals surface area contributed by atoms with E-state index in [0.29, 0.717) is 26.1 Å². The lowest BCUT2D eigenvalue weighted by atomic mass is 10.1. The van der Waals surface area contributed by atoms with Gasteiger partial charge in [0, 0.05) is 24.0 Å². The zero-order chi connectivity index (χ0) is 16.9. The van der Waals surface area contributed by atoms with Crippen LogP contribution in [0.4, 0.5) is 0 Å². The average Bonchev–Trinajstić information content (AvgIpc) is 2.62. The first-order valence-electron chi connectivity index (χ1n) is 8.11. The molecule has 126 valence electrons. The number of aromatic nitrogens is 1. The molecular weight excluding hydrogens is 304 g/mol. The smallest absolute Gasteiger partial charge is 0.227 e. The van der Waals surface area contributed by atoms with E-state index in [1.807, 2.05) is 48.2 Å². The number of hydrogen-bond acceptors (Lipinski definition) is 4. The van der Waals surface area contributed by atoms with E-state index >= 15 is 0 Å². The van der Waals surface area contributed by atoms with Crippen molar-refractivity contribution in [1.82, 2.24) is 9.88 Å². The number of methoxy groups -OCH3 is 1. The van der Waals surface area contributed by atoms with Gasteiger partial charge in [0.05, 0.1) is 26.7 Å². The number of morpholine rings is 1. The highest BCUT2D eigenvalue weighted by atomic mass is 16.5. The predicted molar refractivity (Wildman–Crippen MR) is 90.9 cm³/mol. The highest BCUT2D eigenvalue weighted by molar-refractivity contribution is 5.79. The van der Waals surface area contributed by atoms with E-state index in [2.05, 4.69) is 4.98 Å². The van der Waals surface area contributed by atoms with Crippen molar-refractivity contribution in [1.29, 1.82) is 0 Å². The molecule has 1 aromatic carbocycles. The third-order valence-electron chi connectivity index (χ3n) is 4.25. The van der Waals surface area contributed by atoms with Gasteiger partial charge >= 0.3 is 0 Å². The molecule has 2 heterocycles. The lowest BCUT2D eigenvalue weighted by Crippen LogP contribution is -2.43. The number of benzene rings is 1. The third kappa shape index (κ3) is 3.74. The molecule has 0 bridgehead atoms. The summed E-state index contributed by atoms with van der Waals surface area (Å²) in [6.45, 7) is 3.69. The molecule has 0 unspecified atom stereocenters. The number of carbonyl (C=O) groups is 1. The summed E-state index contributed by atoms with van der Waals surface area (Å²) in [6, 6.07) is 11.6. The summed E-state index contributed by atoms with van der Waals surface area (Å²) in [5.74, 6) is 0.846. The Morgan fingerprint density at radius 2 is 2.21 bits per heavy atom. The van der Waals surface area contributed by atoms with E-state index in [0.717, 1.165) is 22.6 Å². The molecule has 5 nitrogen and oxygen atoms in total. The second-order valence-electron chi connectivity index (χ2n) is 5.92. The van der Waals surface area contributed by atoms with E-state index in [9.17, 15) is 4.79 Å². The molecule has 0 spiro atoms. The molecule has 0 radical (unpaired) electrons. The minimum atomic E-state index is -0.0953. The first-order valence-corrected chi connectivity index (χ1v) is 8.11. The lowest BCUT2D eigenvalue weighted by molar-refractivity contribution is -0.138. The van der Waals surface area contributed by atoms with Crippen LogP contribution in [0.2, 0.25) is 0 Å². The van der Waals surface area contributed by atoms with Gasteiger partial charge < -0.3 is 14.4 Å². The maximum Gasteiger partial charge on any atom is 0.227 e. The van der Waals surface area contributed by atoms with Crippen LogP contribution in [0.5, 0.6) is 5.75 Å². The number of carbonyl (C=O) groups excluding carboxylic acids is 1. The van der Waals surface area contributed by atoms with Gasteiger partial charge in [-0.1, -0.05) is 18.2 Å². The second kappa shape index (κ2) is 7.45. The molecule has 1 amide bonds. The van der Waals surface area contributed by atoms with Crippen LogP contribution in [0.3, 0.4) is 0 Å². The van der Waals surface area contributed by atoms with Gasteiger partial charge in [-0.15, -0.1) is 0 Å². The molecule has 1 aromatic heterocycles. The number of amides is 1. The number of hydrogen-bond donors (Lipinski definition) is 0. The summed E-state index contributed by atoms with van der Waals surface area (Å²) < 4.78 is 11.2. The fourth-order valence-corrected chi connectivity index (χ4v) is 2.97. The minimum Gasteiger partial charge on any atom is -0.496 e. The topological polar surface area (TPSA) is 51.7 Å². The Bertz CT molecular complexity index is 717. The average molecular weight is 326 g/mol. The van der Waals surface area contributed by atoms with Crippen molar-refractivity contribution in [2.24, 2.45) is 0 Å². The largest absolute Gasteiger partial charge is 0.496 e. The third-order valence-corrected chi connectivity index (χ3v) is 4.25. The van der Waals surface area contributed by atoms with Gasteiger partial charge in [0.2, 0.25) is 5.91 Å². The SMILES string of the molecule is COc1ccccc1CC(=O)N1CCO[C@H](c2ccnc(C)c2)C1. The molecule has 1 saturated heterocycles. The van der Waals surface area contributed by atoms with E-state index in [4.69, 9.17) is 9.47 Å². The molecule has 0 saturated carbocycles.